The fourth-order valence-corrected chi connectivity index (χ4v) is 4.61. The number of thiazole rings is 1. The van der Waals surface area contributed by atoms with E-state index in [0.29, 0.717) is 26.1 Å². The molecule has 1 fully saturated rings. The number of hydrogen-bond acceptors (Lipinski definition) is 5. The summed E-state index contributed by atoms with van der Waals surface area (Å²) in [6.07, 6.45) is 2.25. The highest BCUT2D eigenvalue weighted by atomic mass is 32.1. The number of nitrogens with zero attached hydrogens (tertiary/aromatic N) is 4. The molecule has 28 heavy (non-hydrogen) atoms. The van der Waals surface area contributed by atoms with Crippen LogP contribution in [0.5, 0.6) is 0 Å². The Labute approximate surface area is 171 Å². The molecular formula is C21H30N4O2S. The number of aromatic nitrogens is 1. The van der Waals surface area contributed by atoms with Crippen LogP contribution in [0.4, 0.5) is 0 Å². The third-order valence-corrected chi connectivity index (χ3v) is 6.42. The molecule has 2 amide bonds. The molecule has 0 radical (unpaired) electrons. The lowest BCUT2D eigenvalue weighted by Crippen LogP contribution is -2.51. The van der Waals surface area contributed by atoms with Crippen molar-refractivity contribution in [1.29, 1.82) is 0 Å². The summed E-state index contributed by atoms with van der Waals surface area (Å²) in [6.45, 7) is 8.95. The lowest BCUT2D eigenvalue weighted by molar-refractivity contribution is -0.135. The van der Waals surface area contributed by atoms with Crippen molar-refractivity contribution in [3.8, 4) is 0 Å². The summed E-state index contributed by atoms with van der Waals surface area (Å²) in [5.41, 5.74) is 1.05. The third-order valence-electron chi connectivity index (χ3n) is 5.32. The van der Waals surface area contributed by atoms with Gasteiger partial charge in [0.2, 0.25) is 11.8 Å². The molecule has 0 bridgehead atoms. The number of carbonyl (C=O) groups is 2. The second kappa shape index (κ2) is 9.98. The topological polar surface area (TPSA) is 56.8 Å². The molecule has 0 spiro atoms. The van der Waals surface area contributed by atoms with E-state index < -0.39 is 0 Å². The molecule has 3 rings (SSSR count). The van der Waals surface area contributed by atoms with Gasteiger partial charge in [-0.15, -0.1) is 11.3 Å². The van der Waals surface area contributed by atoms with Gasteiger partial charge in [0, 0.05) is 45.7 Å². The normalized spacial score (nSPS) is 15.1. The van der Waals surface area contributed by atoms with Crippen LogP contribution in [0.3, 0.4) is 0 Å². The van der Waals surface area contributed by atoms with E-state index in [1.54, 1.807) is 11.3 Å². The fraction of sp³-hybridized carbons (Fsp3) is 0.571. The lowest BCUT2D eigenvalue weighted by atomic mass is 10.2. The summed E-state index contributed by atoms with van der Waals surface area (Å²) in [7, 11) is 0. The standard InChI is InChI=1S/C21H30N4O2S/c1-3-24(4-2)21(27)16-23-12-14-25(15-13-23)20(26)11-7-10-19-22-17-8-5-6-9-18(17)28-19/h5-6,8-9H,3-4,7,10-16H2,1-2H3. The van der Waals surface area contributed by atoms with E-state index in [0.717, 1.165) is 49.5 Å². The predicted octanol–water partition coefficient (Wildman–Crippen LogP) is 2.63. The van der Waals surface area contributed by atoms with Gasteiger partial charge < -0.3 is 9.80 Å². The zero-order valence-corrected chi connectivity index (χ0v) is 17.7. The molecule has 6 nitrogen and oxygen atoms in total. The van der Waals surface area contributed by atoms with Gasteiger partial charge in [-0.3, -0.25) is 14.5 Å². The first-order chi connectivity index (χ1) is 13.6. The molecule has 1 aliphatic heterocycles. The second-order valence-electron chi connectivity index (χ2n) is 7.15. The van der Waals surface area contributed by atoms with Crippen molar-refractivity contribution in [2.24, 2.45) is 0 Å². The molecule has 152 valence electrons. The minimum Gasteiger partial charge on any atom is -0.342 e. The summed E-state index contributed by atoms with van der Waals surface area (Å²) in [5, 5.41) is 1.11. The van der Waals surface area contributed by atoms with E-state index >= 15 is 0 Å². The number of benzene rings is 1. The third kappa shape index (κ3) is 5.29. The van der Waals surface area contributed by atoms with Crippen molar-refractivity contribution in [2.45, 2.75) is 33.1 Å². The van der Waals surface area contributed by atoms with E-state index in [9.17, 15) is 9.59 Å². The average molecular weight is 403 g/mol. The Balaban J connectivity index is 1.38. The van der Waals surface area contributed by atoms with Crippen LogP contribution < -0.4 is 0 Å². The van der Waals surface area contributed by atoms with Crippen molar-refractivity contribution >= 4 is 33.4 Å². The molecule has 0 atom stereocenters. The van der Waals surface area contributed by atoms with E-state index in [1.807, 2.05) is 41.8 Å². The summed E-state index contributed by atoms with van der Waals surface area (Å²) in [5.74, 6) is 0.399. The summed E-state index contributed by atoms with van der Waals surface area (Å²) in [4.78, 5) is 35.3. The zero-order chi connectivity index (χ0) is 19.9. The van der Waals surface area contributed by atoms with Crippen molar-refractivity contribution in [1.82, 2.24) is 19.7 Å². The molecular weight excluding hydrogens is 372 g/mol. The predicted molar refractivity (Wildman–Crippen MR) is 114 cm³/mol. The summed E-state index contributed by atoms with van der Waals surface area (Å²) in [6, 6.07) is 8.16. The second-order valence-corrected chi connectivity index (χ2v) is 8.27. The molecule has 0 unspecified atom stereocenters. The first-order valence-corrected chi connectivity index (χ1v) is 11.0. The highest BCUT2D eigenvalue weighted by molar-refractivity contribution is 7.18. The van der Waals surface area contributed by atoms with Gasteiger partial charge in [-0.05, 0) is 38.8 Å². The lowest BCUT2D eigenvalue weighted by Gasteiger charge is -2.35. The summed E-state index contributed by atoms with van der Waals surface area (Å²) < 4.78 is 1.21. The van der Waals surface area contributed by atoms with Crippen LogP contribution in [0.1, 0.15) is 31.7 Å². The molecule has 1 saturated heterocycles. The number of aryl methyl sites for hydroxylation is 1. The number of hydrogen-bond donors (Lipinski definition) is 0. The van der Waals surface area contributed by atoms with Crippen molar-refractivity contribution in [3.05, 3.63) is 29.3 Å². The zero-order valence-electron chi connectivity index (χ0n) is 16.9. The summed E-state index contributed by atoms with van der Waals surface area (Å²) >= 11 is 1.72. The number of carbonyl (C=O) groups excluding carboxylic acids is 2. The van der Waals surface area contributed by atoms with Gasteiger partial charge in [-0.1, -0.05) is 12.1 Å². The van der Waals surface area contributed by atoms with E-state index in [1.165, 1.54) is 4.70 Å². The van der Waals surface area contributed by atoms with Gasteiger partial charge >= 0.3 is 0 Å². The van der Waals surface area contributed by atoms with Gasteiger partial charge in [0.1, 0.15) is 0 Å². The molecule has 1 aromatic carbocycles. The fourth-order valence-electron chi connectivity index (χ4n) is 3.60. The van der Waals surface area contributed by atoms with Crippen molar-refractivity contribution in [2.75, 3.05) is 45.8 Å². The number of piperazine rings is 1. The van der Waals surface area contributed by atoms with Gasteiger partial charge in [0.25, 0.3) is 0 Å². The van der Waals surface area contributed by atoms with Gasteiger partial charge in [0.15, 0.2) is 0 Å². The average Bonchev–Trinajstić information content (AvgIpc) is 3.12. The van der Waals surface area contributed by atoms with Crippen LogP contribution in [0.15, 0.2) is 24.3 Å². The SMILES string of the molecule is CCN(CC)C(=O)CN1CCN(C(=O)CCCc2nc3ccccc3s2)CC1. The molecule has 2 aromatic rings. The Kier molecular flexibility index (Phi) is 7.39. The van der Waals surface area contributed by atoms with Crippen LogP contribution in [0, 0.1) is 0 Å². The molecule has 0 N–H and O–H groups in total. The van der Waals surface area contributed by atoms with Crippen molar-refractivity contribution < 1.29 is 9.59 Å². The Hall–Kier alpha value is -1.99. The molecule has 2 heterocycles. The minimum absolute atomic E-state index is 0.181. The van der Waals surface area contributed by atoms with E-state index in [2.05, 4.69) is 16.0 Å². The minimum atomic E-state index is 0.181. The molecule has 1 aliphatic rings. The first kappa shape index (κ1) is 20.7. The van der Waals surface area contributed by atoms with Crippen molar-refractivity contribution in [3.63, 3.8) is 0 Å². The smallest absolute Gasteiger partial charge is 0.236 e. The number of rotatable bonds is 8. The van der Waals surface area contributed by atoms with Crippen LogP contribution >= 0.6 is 11.3 Å². The van der Waals surface area contributed by atoms with Gasteiger partial charge in [-0.2, -0.15) is 0 Å². The highest BCUT2D eigenvalue weighted by Gasteiger charge is 2.23. The molecule has 0 aliphatic carbocycles. The van der Waals surface area contributed by atoms with Gasteiger partial charge in [-0.25, -0.2) is 4.98 Å². The first-order valence-electron chi connectivity index (χ1n) is 10.2. The Morgan fingerprint density at radius 3 is 2.50 bits per heavy atom. The maximum Gasteiger partial charge on any atom is 0.236 e. The van der Waals surface area contributed by atoms with Gasteiger partial charge in [0.05, 0.1) is 21.8 Å². The van der Waals surface area contributed by atoms with Crippen LogP contribution in [0.2, 0.25) is 0 Å². The monoisotopic (exact) mass is 402 g/mol. The van der Waals surface area contributed by atoms with E-state index in [4.69, 9.17) is 0 Å². The Morgan fingerprint density at radius 1 is 1.11 bits per heavy atom. The quantitative estimate of drug-likeness (QED) is 0.681. The maximum absolute atomic E-state index is 12.5. The molecule has 0 saturated carbocycles. The number of fused-ring (bicyclic) bond motifs is 1. The number of para-hydroxylation sites is 1. The van der Waals surface area contributed by atoms with Crippen LogP contribution in [-0.4, -0.2) is 77.3 Å². The largest absolute Gasteiger partial charge is 0.342 e. The molecule has 7 heteroatoms. The maximum atomic E-state index is 12.5. The Morgan fingerprint density at radius 2 is 1.82 bits per heavy atom. The van der Waals surface area contributed by atoms with E-state index in [-0.39, 0.29) is 11.8 Å². The number of likely N-dealkylation sites (N-methyl/N-ethyl adjacent to an activating group) is 1. The van der Waals surface area contributed by atoms with Crippen LogP contribution in [0.25, 0.3) is 10.2 Å². The van der Waals surface area contributed by atoms with Crippen LogP contribution in [-0.2, 0) is 16.0 Å². The number of amides is 2. The Bertz CT molecular complexity index is 762. The highest BCUT2D eigenvalue weighted by Crippen LogP contribution is 2.22. The molecule has 1 aromatic heterocycles.